The van der Waals surface area contributed by atoms with E-state index in [4.69, 9.17) is 9.47 Å². The van der Waals surface area contributed by atoms with Crippen LogP contribution in [0.4, 0.5) is 10.5 Å². The van der Waals surface area contributed by atoms with Crippen molar-refractivity contribution in [2.45, 2.75) is 33.2 Å². The first-order valence-electron chi connectivity index (χ1n) is 14.1. The van der Waals surface area contributed by atoms with Gasteiger partial charge in [0.2, 0.25) is 5.91 Å². The monoisotopic (exact) mass is 556 g/mol. The van der Waals surface area contributed by atoms with E-state index in [1.54, 1.807) is 18.1 Å². The minimum absolute atomic E-state index is 0.0495. The summed E-state index contributed by atoms with van der Waals surface area (Å²) >= 11 is 0. The van der Waals surface area contributed by atoms with Crippen molar-refractivity contribution in [3.05, 3.63) is 95.7 Å². The highest BCUT2D eigenvalue weighted by molar-refractivity contribution is 5.93. The third-order valence-corrected chi connectivity index (χ3v) is 6.99. The number of carbonyl (C=O) groups is 2. The van der Waals surface area contributed by atoms with E-state index in [0.717, 1.165) is 22.0 Å². The summed E-state index contributed by atoms with van der Waals surface area (Å²) in [6, 6.07) is 23.3. The first-order chi connectivity index (χ1) is 20.0. The summed E-state index contributed by atoms with van der Waals surface area (Å²) in [6.45, 7) is 6.22. The lowest BCUT2D eigenvalue weighted by atomic mass is 10.1. The number of methoxy groups -OCH3 is 1. The second-order valence-electron chi connectivity index (χ2n) is 10.0. The number of benzene rings is 3. The molecule has 0 saturated carbocycles. The van der Waals surface area contributed by atoms with Crippen LogP contribution in [0.5, 0.6) is 5.75 Å². The number of nitrogens with zero attached hydrogens (tertiary/aromatic N) is 2. The summed E-state index contributed by atoms with van der Waals surface area (Å²) in [7, 11) is 1.63. The standard InChI is InChI=1S/C33H40N4O4/c1-4-41-31-13-8-7-12-30(31)35-33(39)37(19-9-21-40-3)24-32(38)36(23-26-16-14-25(2)15-17-26)20-18-27-22-34-29-11-6-5-10-28(27)29/h5-8,10-17,22,34H,4,9,18-21,23-24H2,1-3H3,(H,35,39). The molecule has 8 heteroatoms. The van der Waals surface area contributed by atoms with E-state index in [0.29, 0.717) is 57.1 Å². The molecule has 2 N–H and O–H groups in total. The van der Waals surface area contributed by atoms with Crippen LogP contribution in [0.15, 0.2) is 79.0 Å². The van der Waals surface area contributed by atoms with Gasteiger partial charge in [-0.3, -0.25) is 4.79 Å². The molecule has 3 amide bonds. The molecule has 41 heavy (non-hydrogen) atoms. The molecule has 0 bridgehead atoms. The minimum atomic E-state index is -0.353. The predicted molar refractivity (Wildman–Crippen MR) is 163 cm³/mol. The van der Waals surface area contributed by atoms with Crippen molar-refractivity contribution in [1.29, 1.82) is 0 Å². The van der Waals surface area contributed by atoms with E-state index in [1.807, 2.05) is 61.3 Å². The van der Waals surface area contributed by atoms with Crippen LogP contribution >= 0.6 is 0 Å². The second-order valence-corrected chi connectivity index (χ2v) is 10.0. The Labute approximate surface area is 242 Å². The Kier molecular flexibility index (Phi) is 10.8. The Morgan fingerprint density at radius 1 is 0.927 bits per heavy atom. The number of anilines is 1. The van der Waals surface area contributed by atoms with E-state index >= 15 is 0 Å². The molecule has 216 valence electrons. The van der Waals surface area contributed by atoms with Gasteiger partial charge in [0.15, 0.2) is 0 Å². The molecule has 1 aromatic heterocycles. The Hall–Kier alpha value is -4.30. The van der Waals surface area contributed by atoms with E-state index in [9.17, 15) is 9.59 Å². The number of hydrogen-bond donors (Lipinski definition) is 2. The number of H-pyrrole nitrogens is 1. The zero-order valence-electron chi connectivity index (χ0n) is 24.2. The molecular weight excluding hydrogens is 516 g/mol. The number of carbonyl (C=O) groups excluding carboxylic acids is 2. The van der Waals surface area contributed by atoms with Gasteiger partial charge in [0.05, 0.1) is 12.3 Å². The topological polar surface area (TPSA) is 86.9 Å². The van der Waals surface area contributed by atoms with Crippen LogP contribution in [0.25, 0.3) is 10.9 Å². The maximum Gasteiger partial charge on any atom is 0.322 e. The van der Waals surface area contributed by atoms with Gasteiger partial charge in [-0.25, -0.2) is 4.79 Å². The van der Waals surface area contributed by atoms with Crippen molar-refractivity contribution in [2.24, 2.45) is 0 Å². The van der Waals surface area contributed by atoms with Gasteiger partial charge in [0.1, 0.15) is 12.3 Å². The van der Waals surface area contributed by atoms with Gasteiger partial charge in [0, 0.05) is 50.5 Å². The van der Waals surface area contributed by atoms with Gasteiger partial charge in [-0.2, -0.15) is 0 Å². The Balaban J connectivity index is 1.52. The summed E-state index contributed by atoms with van der Waals surface area (Å²) in [5.41, 5.74) is 5.01. The van der Waals surface area contributed by atoms with Crippen LogP contribution in [-0.2, 0) is 22.5 Å². The molecule has 0 aliphatic heterocycles. The molecule has 1 heterocycles. The average Bonchev–Trinajstić information content (AvgIpc) is 3.40. The number of ether oxygens (including phenoxy) is 2. The third-order valence-electron chi connectivity index (χ3n) is 6.99. The van der Waals surface area contributed by atoms with Gasteiger partial charge >= 0.3 is 6.03 Å². The molecule has 0 aliphatic rings. The van der Waals surface area contributed by atoms with Gasteiger partial charge in [-0.1, -0.05) is 60.2 Å². The summed E-state index contributed by atoms with van der Waals surface area (Å²) < 4.78 is 10.9. The first-order valence-corrected chi connectivity index (χ1v) is 14.1. The van der Waals surface area contributed by atoms with Crippen molar-refractivity contribution in [2.75, 3.05) is 45.3 Å². The number of nitrogens with one attached hydrogen (secondary N) is 2. The van der Waals surface area contributed by atoms with Crippen molar-refractivity contribution >= 4 is 28.5 Å². The van der Waals surface area contributed by atoms with E-state index in [1.165, 1.54) is 5.56 Å². The molecule has 0 unspecified atom stereocenters. The highest BCUT2D eigenvalue weighted by Gasteiger charge is 2.23. The van der Waals surface area contributed by atoms with Gasteiger partial charge < -0.3 is 29.6 Å². The quantitative estimate of drug-likeness (QED) is 0.186. The number of aromatic nitrogens is 1. The number of hydrogen-bond acceptors (Lipinski definition) is 4. The van der Waals surface area contributed by atoms with Gasteiger partial charge in [-0.15, -0.1) is 0 Å². The van der Waals surface area contributed by atoms with Crippen molar-refractivity contribution < 1.29 is 19.1 Å². The number of para-hydroxylation sites is 3. The summed E-state index contributed by atoms with van der Waals surface area (Å²) in [4.78, 5) is 34.0. The lowest BCUT2D eigenvalue weighted by Gasteiger charge is -2.28. The lowest BCUT2D eigenvalue weighted by Crippen LogP contribution is -2.45. The number of rotatable bonds is 14. The largest absolute Gasteiger partial charge is 0.492 e. The van der Waals surface area contributed by atoms with E-state index in [-0.39, 0.29) is 18.5 Å². The molecular formula is C33H40N4O4. The number of fused-ring (bicyclic) bond motifs is 1. The second kappa shape index (κ2) is 14.9. The molecule has 0 aliphatic carbocycles. The van der Waals surface area contributed by atoms with Crippen LogP contribution in [0.2, 0.25) is 0 Å². The van der Waals surface area contributed by atoms with Crippen LogP contribution in [-0.4, -0.2) is 66.7 Å². The fraction of sp³-hybridized carbons (Fsp3) is 0.333. The average molecular weight is 557 g/mol. The molecule has 0 atom stereocenters. The SMILES string of the molecule is CCOc1ccccc1NC(=O)N(CCCOC)CC(=O)N(CCc1c[nH]c2ccccc12)Cc1ccc(C)cc1. The van der Waals surface area contributed by atoms with Crippen LogP contribution in [0, 0.1) is 6.92 Å². The van der Waals surface area contributed by atoms with Crippen molar-refractivity contribution in [3.63, 3.8) is 0 Å². The number of urea groups is 1. The van der Waals surface area contributed by atoms with E-state index in [2.05, 4.69) is 40.6 Å². The zero-order valence-corrected chi connectivity index (χ0v) is 24.2. The number of amides is 3. The molecule has 0 radical (unpaired) electrons. The van der Waals surface area contributed by atoms with Crippen LogP contribution in [0.1, 0.15) is 30.0 Å². The highest BCUT2D eigenvalue weighted by atomic mass is 16.5. The smallest absolute Gasteiger partial charge is 0.322 e. The molecule has 0 spiro atoms. The fourth-order valence-electron chi connectivity index (χ4n) is 4.76. The minimum Gasteiger partial charge on any atom is -0.492 e. The molecule has 4 rings (SSSR count). The molecule has 0 fully saturated rings. The Morgan fingerprint density at radius 3 is 2.46 bits per heavy atom. The number of aryl methyl sites for hydroxylation is 1. The van der Waals surface area contributed by atoms with E-state index < -0.39 is 0 Å². The van der Waals surface area contributed by atoms with Gasteiger partial charge in [0.25, 0.3) is 0 Å². The number of aromatic amines is 1. The molecule has 4 aromatic rings. The summed E-state index contributed by atoms with van der Waals surface area (Å²) in [5, 5.41) is 4.10. The van der Waals surface area contributed by atoms with Gasteiger partial charge in [-0.05, 0) is 56.0 Å². The fourth-order valence-corrected chi connectivity index (χ4v) is 4.76. The van der Waals surface area contributed by atoms with Crippen molar-refractivity contribution in [1.82, 2.24) is 14.8 Å². The lowest BCUT2D eigenvalue weighted by molar-refractivity contribution is -0.132. The van der Waals surface area contributed by atoms with Crippen LogP contribution in [0.3, 0.4) is 0 Å². The zero-order chi connectivity index (χ0) is 29.0. The van der Waals surface area contributed by atoms with Crippen LogP contribution < -0.4 is 10.1 Å². The summed E-state index contributed by atoms with van der Waals surface area (Å²) in [6.07, 6.45) is 3.32. The predicted octanol–water partition coefficient (Wildman–Crippen LogP) is 6.02. The maximum absolute atomic E-state index is 13.8. The molecule has 3 aromatic carbocycles. The maximum atomic E-state index is 13.8. The third kappa shape index (κ3) is 8.35. The van der Waals surface area contributed by atoms with Crippen molar-refractivity contribution in [3.8, 4) is 5.75 Å². The Morgan fingerprint density at radius 2 is 1.68 bits per heavy atom. The normalized spacial score (nSPS) is 10.9. The highest BCUT2D eigenvalue weighted by Crippen LogP contribution is 2.24. The molecule has 8 nitrogen and oxygen atoms in total. The molecule has 0 saturated heterocycles. The Bertz CT molecular complexity index is 1420. The summed E-state index contributed by atoms with van der Waals surface area (Å²) in [5.74, 6) is 0.474. The first kappa shape index (κ1) is 29.7.